The summed E-state index contributed by atoms with van der Waals surface area (Å²) in [5.74, 6) is 0.859. The number of anilines is 1. The van der Waals surface area contributed by atoms with Crippen LogP contribution < -0.4 is 5.32 Å². The summed E-state index contributed by atoms with van der Waals surface area (Å²) < 4.78 is 0.940. The van der Waals surface area contributed by atoms with Crippen molar-refractivity contribution in [1.82, 2.24) is 4.98 Å². The van der Waals surface area contributed by atoms with Crippen LogP contribution in [0.25, 0.3) is 0 Å². The van der Waals surface area contributed by atoms with Gasteiger partial charge in [0.05, 0.1) is 11.9 Å². The molecular formula is C13H19BrN2. The third kappa shape index (κ3) is 3.21. The van der Waals surface area contributed by atoms with Crippen LogP contribution >= 0.6 is 15.9 Å². The van der Waals surface area contributed by atoms with Crippen molar-refractivity contribution in [2.24, 2.45) is 5.92 Å². The van der Waals surface area contributed by atoms with Crippen LogP contribution in [-0.2, 0) is 0 Å². The van der Waals surface area contributed by atoms with Crippen molar-refractivity contribution in [2.45, 2.75) is 39.0 Å². The molecule has 16 heavy (non-hydrogen) atoms. The van der Waals surface area contributed by atoms with Gasteiger partial charge in [0.25, 0.3) is 0 Å². The topological polar surface area (TPSA) is 24.9 Å². The molecule has 1 aromatic heterocycles. The quantitative estimate of drug-likeness (QED) is 0.843. The van der Waals surface area contributed by atoms with Gasteiger partial charge in [0, 0.05) is 6.54 Å². The van der Waals surface area contributed by atoms with Gasteiger partial charge in [0.2, 0.25) is 0 Å². The van der Waals surface area contributed by atoms with E-state index in [9.17, 15) is 0 Å². The van der Waals surface area contributed by atoms with Crippen LogP contribution in [0.15, 0.2) is 16.9 Å². The summed E-state index contributed by atoms with van der Waals surface area (Å²) in [6.45, 7) is 3.17. The summed E-state index contributed by atoms with van der Waals surface area (Å²) in [5, 5.41) is 3.50. The van der Waals surface area contributed by atoms with Crippen LogP contribution in [-0.4, -0.2) is 11.5 Å². The Hall–Kier alpha value is -0.570. The zero-order valence-corrected chi connectivity index (χ0v) is 11.4. The van der Waals surface area contributed by atoms with E-state index in [0.29, 0.717) is 0 Å². The highest BCUT2D eigenvalue weighted by molar-refractivity contribution is 9.10. The molecule has 2 nitrogen and oxygen atoms in total. The van der Waals surface area contributed by atoms with Crippen molar-refractivity contribution in [2.75, 3.05) is 11.9 Å². The summed E-state index contributed by atoms with van der Waals surface area (Å²) in [4.78, 5) is 4.30. The number of hydrogen-bond donors (Lipinski definition) is 1. The molecule has 1 saturated carbocycles. The molecule has 1 N–H and O–H groups in total. The van der Waals surface area contributed by atoms with Crippen LogP contribution in [0.4, 0.5) is 5.69 Å². The van der Waals surface area contributed by atoms with Gasteiger partial charge in [-0.3, -0.25) is 0 Å². The predicted molar refractivity (Wildman–Crippen MR) is 71.7 cm³/mol. The number of nitrogens with zero attached hydrogens (tertiary/aromatic N) is 1. The largest absolute Gasteiger partial charge is 0.384 e. The average Bonchev–Trinajstić information content (AvgIpc) is 2.32. The van der Waals surface area contributed by atoms with Gasteiger partial charge in [-0.15, -0.1) is 0 Å². The number of aryl methyl sites for hydroxylation is 1. The Morgan fingerprint density at radius 3 is 2.81 bits per heavy atom. The first-order chi connectivity index (χ1) is 7.75. The minimum atomic E-state index is 0.859. The van der Waals surface area contributed by atoms with Crippen molar-refractivity contribution >= 4 is 21.6 Å². The van der Waals surface area contributed by atoms with E-state index < -0.39 is 0 Å². The highest BCUT2D eigenvalue weighted by Gasteiger charge is 2.12. The van der Waals surface area contributed by atoms with Gasteiger partial charge in [-0.05, 0) is 53.2 Å². The normalized spacial score (nSPS) is 17.4. The summed E-state index contributed by atoms with van der Waals surface area (Å²) >= 11 is 3.42. The lowest BCUT2D eigenvalue weighted by atomic mass is 9.89. The van der Waals surface area contributed by atoms with Gasteiger partial charge in [0.1, 0.15) is 4.60 Å². The molecular weight excluding hydrogens is 264 g/mol. The Labute approximate surface area is 106 Å². The summed E-state index contributed by atoms with van der Waals surface area (Å²) in [6, 6.07) is 2.15. The Kier molecular flexibility index (Phi) is 4.22. The number of hydrogen-bond acceptors (Lipinski definition) is 2. The molecule has 3 heteroatoms. The van der Waals surface area contributed by atoms with E-state index >= 15 is 0 Å². The standard InChI is InChI=1S/C13H19BrN2/c1-10-7-12(9-16-13(10)14)15-8-11-5-3-2-4-6-11/h7,9,11,15H,2-6,8H2,1H3. The third-order valence-corrected chi connectivity index (χ3v) is 4.16. The van der Waals surface area contributed by atoms with Crippen LogP contribution in [0.2, 0.25) is 0 Å². The Balaban J connectivity index is 1.86. The second-order valence-corrected chi connectivity index (χ2v) is 5.47. The number of nitrogens with one attached hydrogen (secondary N) is 1. The summed E-state index contributed by atoms with van der Waals surface area (Å²) in [5.41, 5.74) is 2.33. The minimum absolute atomic E-state index is 0.859. The molecule has 0 atom stereocenters. The second kappa shape index (κ2) is 5.67. The predicted octanol–water partition coefficient (Wildman–Crippen LogP) is 4.14. The van der Waals surface area contributed by atoms with Crippen molar-refractivity contribution in [3.63, 3.8) is 0 Å². The van der Waals surface area contributed by atoms with Gasteiger partial charge in [-0.1, -0.05) is 19.3 Å². The van der Waals surface area contributed by atoms with E-state index in [0.717, 1.165) is 22.8 Å². The number of rotatable bonds is 3. The molecule has 1 heterocycles. The molecule has 0 spiro atoms. The van der Waals surface area contributed by atoms with Crippen molar-refractivity contribution in [3.05, 3.63) is 22.4 Å². The van der Waals surface area contributed by atoms with Gasteiger partial charge in [-0.25, -0.2) is 4.98 Å². The number of aromatic nitrogens is 1. The smallest absolute Gasteiger partial charge is 0.109 e. The van der Waals surface area contributed by atoms with E-state index in [1.54, 1.807) is 0 Å². The number of pyridine rings is 1. The lowest BCUT2D eigenvalue weighted by Crippen LogP contribution is -2.17. The zero-order valence-electron chi connectivity index (χ0n) is 9.80. The molecule has 1 fully saturated rings. The fourth-order valence-corrected chi connectivity index (χ4v) is 2.53. The molecule has 0 amide bonds. The second-order valence-electron chi connectivity index (χ2n) is 4.72. The van der Waals surface area contributed by atoms with Crippen molar-refractivity contribution in [1.29, 1.82) is 0 Å². The van der Waals surface area contributed by atoms with Gasteiger partial charge in [0.15, 0.2) is 0 Å². The summed E-state index contributed by atoms with van der Waals surface area (Å²) in [6.07, 6.45) is 8.91. The molecule has 0 saturated heterocycles. The first-order valence-corrected chi connectivity index (χ1v) is 6.91. The molecule has 0 bridgehead atoms. The average molecular weight is 283 g/mol. The lowest BCUT2D eigenvalue weighted by molar-refractivity contribution is 0.373. The molecule has 0 aromatic carbocycles. The maximum Gasteiger partial charge on any atom is 0.109 e. The van der Waals surface area contributed by atoms with E-state index in [2.05, 4.69) is 39.2 Å². The Bertz CT molecular complexity index is 346. The van der Waals surface area contributed by atoms with Gasteiger partial charge >= 0.3 is 0 Å². The molecule has 88 valence electrons. The van der Waals surface area contributed by atoms with E-state index in [1.807, 2.05) is 6.20 Å². The van der Waals surface area contributed by atoms with Gasteiger partial charge < -0.3 is 5.32 Å². The first-order valence-electron chi connectivity index (χ1n) is 6.12. The van der Waals surface area contributed by atoms with Gasteiger partial charge in [-0.2, -0.15) is 0 Å². The molecule has 1 aliphatic carbocycles. The molecule has 0 aliphatic heterocycles. The van der Waals surface area contributed by atoms with Crippen LogP contribution in [0, 0.1) is 12.8 Å². The maximum absolute atomic E-state index is 4.30. The number of halogens is 1. The van der Waals surface area contributed by atoms with E-state index in [1.165, 1.54) is 37.7 Å². The monoisotopic (exact) mass is 282 g/mol. The fraction of sp³-hybridized carbons (Fsp3) is 0.615. The molecule has 1 aromatic rings. The Morgan fingerprint density at radius 1 is 1.38 bits per heavy atom. The minimum Gasteiger partial charge on any atom is -0.384 e. The fourth-order valence-electron chi connectivity index (χ4n) is 2.31. The highest BCUT2D eigenvalue weighted by atomic mass is 79.9. The van der Waals surface area contributed by atoms with Crippen molar-refractivity contribution in [3.8, 4) is 0 Å². The molecule has 1 aliphatic rings. The molecule has 0 unspecified atom stereocenters. The van der Waals surface area contributed by atoms with E-state index in [4.69, 9.17) is 0 Å². The molecule has 2 rings (SSSR count). The zero-order chi connectivity index (χ0) is 11.4. The van der Waals surface area contributed by atoms with Crippen LogP contribution in [0.1, 0.15) is 37.7 Å². The van der Waals surface area contributed by atoms with E-state index in [-0.39, 0.29) is 0 Å². The third-order valence-electron chi connectivity index (χ3n) is 3.33. The Morgan fingerprint density at radius 2 is 2.12 bits per heavy atom. The van der Waals surface area contributed by atoms with Crippen LogP contribution in [0.3, 0.4) is 0 Å². The SMILES string of the molecule is Cc1cc(NCC2CCCCC2)cnc1Br. The highest BCUT2D eigenvalue weighted by Crippen LogP contribution is 2.24. The lowest BCUT2D eigenvalue weighted by Gasteiger charge is -2.22. The first kappa shape index (κ1) is 11.9. The van der Waals surface area contributed by atoms with Crippen LogP contribution in [0.5, 0.6) is 0 Å². The van der Waals surface area contributed by atoms with Crippen molar-refractivity contribution < 1.29 is 0 Å². The maximum atomic E-state index is 4.30. The molecule has 0 radical (unpaired) electrons. The summed E-state index contributed by atoms with van der Waals surface area (Å²) in [7, 11) is 0.